The van der Waals surface area contributed by atoms with Crippen LogP contribution >= 0.6 is 0 Å². The monoisotopic (exact) mass is 285 g/mol. The molecule has 0 amide bonds. The van der Waals surface area contributed by atoms with Gasteiger partial charge in [0.25, 0.3) is 0 Å². The number of nitrogens with zero attached hydrogens (tertiary/aromatic N) is 3. The molecule has 1 saturated heterocycles. The standard InChI is InChI=1S/C16H23N5/c1-2-21-7-5-12(6-8-21)10-18-16-14-4-3-13(17)9-15(14)19-11-20-16/h3-4,9,11-12H,2,5-8,10,17H2,1H3,(H,18,19,20). The van der Waals surface area contributed by atoms with Crippen LogP contribution in [-0.2, 0) is 0 Å². The zero-order chi connectivity index (χ0) is 14.7. The van der Waals surface area contributed by atoms with Crippen LogP contribution in [0.15, 0.2) is 24.5 Å². The lowest BCUT2D eigenvalue weighted by atomic mass is 9.97. The molecule has 0 saturated carbocycles. The highest BCUT2D eigenvalue weighted by Gasteiger charge is 2.18. The number of hydrogen-bond donors (Lipinski definition) is 2. The van der Waals surface area contributed by atoms with Gasteiger partial charge in [-0.25, -0.2) is 9.97 Å². The van der Waals surface area contributed by atoms with Crippen molar-refractivity contribution in [3.63, 3.8) is 0 Å². The van der Waals surface area contributed by atoms with E-state index in [1.54, 1.807) is 6.33 Å². The third-order valence-electron chi connectivity index (χ3n) is 4.37. The third-order valence-corrected chi connectivity index (χ3v) is 4.37. The summed E-state index contributed by atoms with van der Waals surface area (Å²) in [5, 5.41) is 4.54. The Bertz CT molecular complexity index is 605. The third kappa shape index (κ3) is 3.24. The average Bonchev–Trinajstić information content (AvgIpc) is 2.53. The number of rotatable bonds is 4. The van der Waals surface area contributed by atoms with Crippen molar-refractivity contribution in [3.05, 3.63) is 24.5 Å². The lowest BCUT2D eigenvalue weighted by Gasteiger charge is -2.31. The minimum atomic E-state index is 0.728. The van der Waals surface area contributed by atoms with Gasteiger partial charge in [0, 0.05) is 17.6 Å². The van der Waals surface area contributed by atoms with Gasteiger partial charge in [0.15, 0.2) is 0 Å². The molecule has 1 aliphatic rings. The van der Waals surface area contributed by atoms with Crippen molar-refractivity contribution in [2.75, 3.05) is 37.2 Å². The Balaban J connectivity index is 1.66. The van der Waals surface area contributed by atoms with E-state index >= 15 is 0 Å². The van der Waals surface area contributed by atoms with Crippen LogP contribution in [0.3, 0.4) is 0 Å². The predicted octanol–water partition coefficient (Wildman–Crippen LogP) is 2.36. The van der Waals surface area contributed by atoms with Gasteiger partial charge in [-0.05, 0) is 56.6 Å². The molecule has 21 heavy (non-hydrogen) atoms. The average molecular weight is 285 g/mol. The van der Waals surface area contributed by atoms with Gasteiger partial charge in [-0.1, -0.05) is 6.92 Å². The maximum Gasteiger partial charge on any atom is 0.137 e. The van der Waals surface area contributed by atoms with Crippen molar-refractivity contribution in [2.45, 2.75) is 19.8 Å². The van der Waals surface area contributed by atoms with Crippen molar-refractivity contribution in [1.29, 1.82) is 0 Å². The fraction of sp³-hybridized carbons (Fsp3) is 0.500. The molecule has 1 aliphatic heterocycles. The molecular formula is C16H23N5. The second-order valence-electron chi connectivity index (χ2n) is 5.76. The highest BCUT2D eigenvalue weighted by Crippen LogP contribution is 2.23. The molecule has 1 fully saturated rings. The zero-order valence-electron chi connectivity index (χ0n) is 12.5. The molecule has 5 heteroatoms. The number of piperidine rings is 1. The molecule has 3 rings (SSSR count). The van der Waals surface area contributed by atoms with Gasteiger partial charge < -0.3 is 16.0 Å². The number of nitrogens with one attached hydrogen (secondary N) is 1. The summed E-state index contributed by atoms with van der Waals surface area (Å²) < 4.78 is 0. The van der Waals surface area contributed by atoms with Crippen LogP contribution in [0.1, 0.15) is 19.8 Å². The first-order valence-corrected chi connectivity index (χ1v) is 7.72. The second kappa shape index (κ2) is 6.26. The molecule has 1 aromatic carbocycles. The van der Waals surface area contributed by atoms with E-state index in [1.807, 2.05) is 18.2 Å². The van der Waals surface area contributed by atoms with Crippen molar-refractivity contribution < 1.29 is 0 Å². The highest BCUT2D eigenvalue weighted by molar-refractivity contribution is 5.90. The van der Waals surface area contributed by atoms with Crippen molar-refractivity contribution >= 4 is 22.4 Å². The smallest absolute Gasteiger partial charge is 0.137 e. The summed E-state index contributed by atoms with van der Waals surface area (Å²) in [6, 6.07) is 5.78. The molecule has 0 bridgehead atoms. The second-order valence-corrected chi connectivity index (χ2v) is 5.76. The van der Waals surface area contributed by atoms with Gasteiger partial charge in [-0.3, -0.25) is 0 Å². The van der Waals surface area contributed by atoms with Crippen LogP contribution in [0, 0.1) is 5.92 Å². The molecule has 112 valence electrons. The topological polar surface area (TPSA) is 67.1 Å². The Kier molecular flexibility index (Phi) is 4.20. The summed E-state index contributed by atoms with van der Waals surface area (Å²) in [6.07, 6.45) is 4.12. The van der Waals surface area contributed by atoms with Crippen LogP contribution in [0.2, 0.25) is 0 Å². The van der Waals surface area contributed by atoms with Gasteiger partial charge in [0.05, 0.1) is 5.52 Å². The van der Waals surface area contributed by atoms with Gasteiger partial charge in [-0.2, -0.15) is 0 Å². The Hall–Kier alpha value is -1.88. The van der Waals surface area contributed by atoms with E-state index in [1.165, 1.54) is 25.9 Å². The number of anilines is 2. The van der Waals surface area contributed by atoms with Crippen LogP contribution in [0.4, 0.5) is 11.5 Å². The van der Waals surface area contributed by atoms with Gasteiger partial charge >= 0.3 is 0 Å². The molecule has 0 atom stereocenters. The number of nitrogens with two attached hydrogens (primary N) is 1. The molecule has 3 N–H and O–H groups in total. The molecular weight excluding hydrogens is 262 g/mol. The number of hydrogen-bond acceptors (Lipinski definition) is 5. The molecule has 0 radical (unpaired) electrons. The number of nitrogen functional groups attached to an aromatic ring is 1. The molecule has 2 aromatic rings. The van der Waals surface area contributed by atoms with Crippen LogP contribution < -0.4 is 11.1 Å². The number of benzene rings is 1. The minimum Gasteiger partial charge on any atom is -0.399 e. The Labute approximate surface area is 125 Å². The van der Waals surface area contributed by atoms with Gasteiger partial charge in [0.2, 0.25) is 0 Å². The summed E-state index contributed by atoms with van der Waals surface area (Å²) >= 11 is 0. The first-order valence-electron chi connectivity index (χ1n) is 7.72. The van der Waals surface area contributed by atoms with E-state index in [0.29, 0.717) is 0 Å². The van der Waals surface area contributed by atoms with Crippen molar-refractivity contribution in [3.8, 4) is 0 Å². The summed E-state index contributed by atoms with van der Waals surface area (Å²) in [5.74, 6) is 1.64. The number of likely N-dealkylation sites (tertiary alicyclic amines) is 1. The van der Waals surface area contributed by atoms with Crippen LogP contribution in [0.25, 0.3) is 10.9 Å². The van der Waals surface area contributed by atoms with E-state index < -0.39 is 0 Å². The lowest BCUT2D eigenvalue weighted by Crippen LogP contribution is -2.35. The highest BCUT2D eigenvalue weighted by atomic mass is 15.1. The van der Waals surface area contributed by atoms with Crippen molar-refractivity contribution in [1.82, 2.24) is 14.9 Å². The summed E-state index contributed by atoms with van der Waals surface area (Å²) in [5.41, 5.74) is 7.44. The molecule has 1 aromatic heterocycles. The summed E-state index contributed by atoms with van der Waals surface area (Å²) in [4.78, 5) is 11.2. The van der Waals surface area contributed by atoms with E-state index in [9.17, 15) is 0 Å². The molecule has 0 aliphatic carbocycles. The zero-order valence-corrected chi connectivity index (χ0v) is 12.5. The molecule has 2 heterocycles. The maximum atomic E-state index is 5.81. The van der Waals surface area contributed by atoms with E-state index in [4.69, 9.17) is 5.73 Å². The Morgan fingerprint density at radius 1 is 1.29 bits per heavy atom. The first-order chi connectivity index (χ1) is 10.3. The Morgan fingerprint density at radius 3 is 2.86 bits per heavy atom. The molecule has 0 spiro atoms. The largest absolute Gasteiger partial charge is 0.399 e. The minimum absolute atomic E-state index is 0.728. The maximum absolute atomic E-state index is 5.81. The fourth-order valence-electron chi connectivity index (χ4n) is 2.96. The van der Waals surface area contributed by atoms with Crippen LogP contribution in [-0.4, -0.2) is 41.0 Å². The van der Waals surface area contributed by atoms with E-state index in [-0.39, 0.29) is 0 Å². The van der Waals surface area contributed by atoms with Crippen LogP contribution in [0.5, 0.6) is 0 Å². The molecule has 0 unspecified atom stereocenters. The Morgan fingerprint density at radius 2 is 2.10 bits per heavy atom. The number of aromatic nitrogens is 2. The van der Waals surface area contributed by atoms with E-state index in [0.717, 1.165) is 41.4 Å². The number of fused-ring (bicyclic) bond motifs is 1. The summed E-state index contributed by atoms with van der Waals surface area (Å²) in [7, 11) is 0. The fourth-order valence-corrected chi connectivity index (χ4v) is 2.96. The molecule has 5 nitrogen and oxygen atoms in total. The lowest BCUT2D eigenvalue weighted by molar-refractivity contribution is 0.198. The van der Waals surface area contributed by atoms with Crippen molar-refractivity contribution in [2.24, 2.45) is 5.92 Å². The normalized spacial score (nSPS) is 17.2. The first kappa shape index (κ1) is 14.1. The SMILES string of the molecule is CCN1CCC(CNc2ncnc3cc(N)ccc23)CC1. The van der Waals surface area contributed by atoms with Gasteiger partial charge in [-0.15, -0.1) is 0 Å². The van der Waals surface area contributed by atoms with E-state index in [2.05, 4.69) is 27.1 Å². The quantitative estimate of drug-likeness (QED) is 0.844. The van der Waals surface area contributed by atoms with Gasteiger partial charge in [0.1, 0.15) is 12.1 Å². The summed E-state index contributed by atoms with van der Waals surface area (Å²) in [6.45, 7) is 6.80. The predicted molar refractivity (Wildman–Crippen MR) is 87.3 cm³/mol.